The van der Waals surface area contributed by atoms with Gasteiger partial charge in [-0.05, 0) is 42.7 Å². The van der Waals surface area contributed by atoms with E-state index in [9.17, 15) is 14.4 Å². The molecule has 24 heavy (non-hydrogen) atoms. The van der Waals surface area contributed by atoms with E-state index in [1.54, 1.807) is 42.5 Å². The zero-order valence-electron chi connectivity index (χ0n) is 12.9. The van der Waals surface area contributed by atoms with Crippen LogP contribution in [0.25, 0.3) is 0 Å². The molecule has 1 aliphatic rings. The van der Waals surface area contributed by atoms with Gasteiger partial charge in [-0.25, -0.2) is 9.69 Å². The molecule has 6 heteroatoms. The van der Waals surface area contributed by atoms with Gasteiger partial charge in [0.15, 0.2) is 0 Å². The van der Waals surface area contributed by atoms with Gasteiger partial charge in [0.25, 0.3) is 11.8 Å². The van der Waals surface area contributed by atoms with Crippen molar-refractivity contribution in [1.29, 1.82) is 0 Å². The molecule has 0 saturated carbocycles. The first-order chi connectivity index (χ1) is 11.6. The Morgan fingerprint density at radius 3 is 2.29 bits per heavy atom. The Bertz CT molecular complexity index is 781. The zero-order chi connectivity index (χ0) is 17.1. The van der Waals surface area contributed by atoms with Crippen molar-refractivity contribution < 1.29 is 19.5 Å². The average Bonchev–Trinajstić information content (AvgIpc) is 2.83. The van der Waals surface area contributed by atoms with Crippen LogP contribution in [0.1, 0.15) is 32.7 Å². The van der Waals surface area contributed by atoms with Gasteiger partial charge in [0, 0.05) is 6.54 Å². The van der Waals surface area contributed by atoms with Crippen LogP contribution in [0.15, 0.2) is 48.5 Å². The molecular formula is C18H16N2O4. The number of benzene rings is 2. The number of carbonyl (C=O) groups excluding carboxylic acids is 2. The predicted molar refractivity (Wildman–Crippen MR) is 88.4 cm³/mol. The standard InChI is InChI=1S/C18H16N2O4/c21-16-14-8-1-2-9-15(14)17(22)20(16)13-7-3-5-12(11-13)6-4-10-19-18(23)24/h1-3,5,7-9,11,19H,4,6,10H2,(H,23,24). The number of anilines is 1. The fraction of sp³-hybridized carbons (Fsp3) is 0.167. The third kappa shape index (κ3) is 2.99. The molecule has 122 valence electrons. The van der Waals surface area contributed by atoms with Crippen LogP contribution in [0.5, 0.6) is 0 Å². The molecule has 0 unspecified atom stereocenters. The maximum absolute atomic E-state index is 12.5. The number of amides is 3. The van der Waals surface area contributed by atoms with Crippen LogP contribution < -0.4 is 10.2 Å². The number of carboxylic acid groups (broad SMARTS) is 1. The first kappa shape index (κ1) is 15.7. The Hall–Kier alpha value is -3.15. The summed E-state index contributed by atoms with van der Waals surface area (Å²) in [6, 6.07) is 14.0. The Labute approximate surface area is 138 Å². The van der Waals surface area contributed by atoms with Crippen LogP contribution in [0.4, 0.5) is 10.5 Å². The van der Waals surface area contributed by atoms with Gasteiger partial charge in [0.1, 0.15) is 0 Å². The summed E-state index contributed by atoms with van der Waals surface area (Å²) in [6.07, 6.45) is 0.240. The van der Waals surface area contributed by atoms with E-state index in [4.69, 9.17) is 5.11 Å². The SMILES string of the molecule is O=C(O)NCCCc1cccc(N2C(=O)c3ccccc3C2=O)c1. The van der Waals surface area contributed by atoms with Crippen molar-refractivity contribution in [3.63, 3.8) is 0 Å². The fourth-order valence-corrected chi connectivity index (χ4v) is 2.76. The van der Waals surface area contributed by atoms with Crippen LogP contribution in [-0.4, -0.2) is 29.6 Å². The number of hydrogen-bond donors (Lipinski definition) is 2. The molecule has 6 nitrogen and oxygen atoms in total. The topological polar surface area (TPSA) is 86.7 Å². The average molecular weight is 324 g/mol. The highest BCUT2D eigenvalue weighted by molar-refractivity contribution is 6.34. The molecule has 0 atom stereocenters. The molecule has 2 N–H and O–H groups in total. The lowest BCUT2D eigenvalue weighted by Crippen LogP contribution is -2.29. The maximum Gasteiger partial charge on any atom is 0.404 e. The van der Waals surface area contributed by atoms with E-state index in [1.807, 2.05) is 6.07 Å². The van der Waals surface area contributed by atoms with Crippen molar-refractivity contribution in [2.45, 2.75) is 12.8 Å². The number of hydrogen-bond acceptors (Lipinski definition) is 3. The molecule has 1 aliphatic heterocycles. The van der Waals surface area contributed by atoms with Gasteiger partial charge in [0.05, 0.1) is 16.8 Å². The molecule has 0 aromatic heterocycles. The van der Waals surface area contributed by atoms with E-state index in [1.165, 1.54) is 4.90 Å². The minimum absolute atomic E-state index is 0.319. The molecule has 0 aliphatic carbocycles. The van der Waals surface area contributed by atoms with Gasteiger partial charge in [-0.2, -0.15) is 0 Å². The number of aryl methyl sites for hydroxylation is 1. The number of carbonyl (C=O) groups is 3. The molecule has 0 saturated heterocycles. The number of nitrogens with zero attached hydrogens (tertiary/aromatic N) is 1. The second-order valence-corrected chi connectivity index (χ2v) is 5.50. The molecule has 3 amide bonds. The Morgan fingerprint density at radius 2 is 1.67 bits per heavy atom. The highest BCUT2D eigenvalue weighted by Crippen LogP contribution is 2.28. The van der Waals surface area contributed by atoms with Crippen molar-refractivity contribution >= 4 is 23.6 Å². The first-order valence-corrected chi connectivity index (χ1v) is 7.61. The number of imide groups is 1. The lowest BCUT2D eigenvalue weighted by atomic mass is 10.1. The highest BCUT2D eigenvalue weighted by Gasteiger charge is 2.36. The third-order valence-electron chi connectivity index (χ3n) is 3.88. The smallest absolute Gasteiger partial charge is 0.404 e. The van der Waals surface area contributed by atoms with Gasteiger partial charge >= 0.3 is 6.09 Å². The molecule has 2 aromatic rings. The maximum atomic E-state index is 12.5. The van der Waals surface area contributed by atoms with Crippen LogP contribution in [-0.2, 0) is 6.42 Å². The normalized spacial score (nSPS) is 13.1. The van der Waals surface area contributed by atoms with Gasteiger partial charge in [-0.1, -0.05) is 24.3 Å². The monoisotopic (exact) mass is 324 g/mol. The van der Waals surface area contributed by atoms with E-state index in [-0.39, 0.29) is 11.8 Å². The molecule has 2 aromatic carbocycles. The van der Waals surface area contributed by atoms with E-state index in [2.05, 4.69) is 5.32 Å². The van der Waals surface area contributed by atoms with Crippen LogP contribution in [0.2, 0.25) is 0 Å². The molecule has 1 heterocycles. The number of rotatable bonds is 5. The van der Waals surface area contributed by atoms with Crippen molar-refractivity contribution in [3.8, 4) is 0 Å². The summed E-state index contributed by atoms with van der Waals surface area (Å²) >= 11 is 0. The van der Waals surface area contributed by atoms with Gasteiger partial charge in [0.2, 0.25) is 0 Å². The van der Waals surface area contributed by atoms with Gasteiger partial charge in [-0.3, -0.25) is 9.59 Å². The first-order valence-electron chi connectivity index (χ1n) is 7.61. The lowest BCUT2D eigenvalue weighted by Gasteiger charge is -2.15. The van der Waals surface area contributed by atoms with E-state index in [0.29, 0.717) is 36.2 Å². The molecule has 0 bridgehead atoms. The van der Waals surface area contributed by atoms with Gasteiger partial charge < -0.3 is 10.4 Å². The summed E-state index contributed by atoms with van der Waals surface area (Å²) in [7, 11) is 0. The van der Waals surface area contributed by atoms with E-state index >= 15 is 0 Å². The van der Waals surface area contributed by atoms with Crippen LogP contribution in [0.3, 0.4) is 0 Å². The van der Waals surface area contributed by atoms with Crippen molar-refractivity contribution in [3.05, 3.63) is 65.2 Å². The Kier molecular flexibility index (Phi) is 4.29. The van der Waals surface area contributed by atoms with Crippen molar-refractivity contribution in [1.82, 2.24) is 5.32 Å². The molecule has 0 spiro atoms. The predicted octanol–water partition coefficient (Wildman–Crippen LogP) is 2.69. The minimum atomic E-state index is -1.05. The van der Waals surface area contributed by atoms with Gasteiger partial charge in [-0.15, -0.1) is 0 Å². The minimum Gasteiger partial charge on any atom is -0.465 e. The molecular weight excluding hydrogens is 308 g/mol. The molecule has 3 rings (SSSR count). The summed E-state index contributed by atoms with van der Waals surface area (Å²) in [5.41, 5.74) is 2.30. The number of nitrogens with one attached hydrogen (secondary N) is 1. The van der Waals surface area contributed by atoms with Crippen molar-refractivity contribution in [2.24, 2.45) is 0 Å². The summed E-state index contributed by atoms with van der Waals surface area (Å²) in [6.45, 7) is 0.354. The molecule has 0 fully saturated rings. The summed E-state index contributed by atoms with van der Waals surface area (Å²) in [5, 5.41) is 10.9. The van der Waals surface area contributed by atoms with Crippen LogP contribution in [0, 0.1) is 0 Å². The summed E-state index contributed by atoms with van der Waals surface area (Å²) in [5.74, 6) is -0.638. The largest absolute Gasteiger partial charge is 0.465 e. The summed E-state index contributed by atoms with van der Waals surface area (Å²) < 4.78 is 0. The van der Waals surface area contributed by atoms with E-state index in [0.717, 1.165) is 5.56 Å². The second kappa shape index (κ2) is 6.54. The Balaban J connectivity index is 1.76. The zero-order valence-corrected chi connectivity index (χ0v) is 12.9. The second-order valence-electron chi connectivity index (χ2n) is 5.50. The fourth-order valence-electron chi connectivity index (χ4n) is 2.76. The summed E-state index contributed by atoms with van der Waals surface area (Å²) in [4.78, 5) is 36.6. The quantitative estimate of drug-likeness (QED) is 0.654. The van der Waals surface area contributed by atoms with E-state index < -0.39 is 6.09 Å². The molecule has 0 radical (unpaired) electrons. The number of fused-ring (bicyclic) bond motifs is 1. The van der Waals surface area contributed by atoms with Crippen molar-refractivity contribution in [2.75, 3.05) is 11.4 Å². The Morgan fingerprint density at radius 1 is 1.00 bits per heavy atom. The highest BCUT2D eigenvalue weighted by atomic mass is 16.4. The lowest BCUT2D eigenvalue weighted by molar-refractivity contribution is 0.0926. The third-order valence-corrected chi connectivity index (χ3v) is 3.88. The van der Waals surface area contributed by atoms with Crippen LogP contribution >= 0.6 is 0 Å².